The molecule has 106 valence electrons. The van der Waals surface area contributed by atoms with Crippen molar-refractivity contribution in [2.24, 2.45) is 0 Å². The van der Waals surface area contributed by atoms with Gasteiger partial charge < -0.3 is 0 Å². The van der Waals surface area contributed by atoms with Gasteiger partial charge in [-0.2, -0.15) is 0 Å². The maximum absolute atomic E-state index is 13.3. The Labute approximate surface area is 131 Å². The highest BCUT2D eigenvalue weighted by molar-refractivity contribution is 9.10. The molecule has 1 heterocycles. The van der Waals surface area contributed by atoms with Crippen LogP contribution in [0, 0.1) is 11.6 Å². The van der Waals surface area contributed by atoms with E-state index in [2.05, 4.69) is 15.9 Å². The van der Waals surface area contributed by atoms with Crippen molar-refractivity contribution < 1.29 is 18.4 Å². The zero-order chi connectivity index (χ0) is 15.3. The van der Waals surface area contributed by atoms with Gasteiger partial charge in [0.15, 0.2) is 11.6 Å². The predicted octanol–water partition coefficient (Wildman–Crippen LogP) is 4.18. The molecule has 1 aliphatic heterocycles. The van der Waals surface area contributed by atoms with Crippen molar-refractivity contribution in [1.29, 1.82) is 0 Å². The van der Waals surface area contributed by atoms with E-state index >= 15 is 0 Å². The summed E-state index contributed by atoms with van der Waals surface area (Å²) >= 11 is 9.21. The first-order chi connectivity index (χ1) is 9.90. The van der Waals surface area contributed by atoms with Crippen molar-refractivity contribution in [1.82, 2.24) is 0 Å². The van der Waals surface area contributed by atoms with E-state index in [1.165, 1.54) is 12.1 Å². The quantitative estimate of drug-likeness (QED) is 0.704. The standard InChI is InChI=1S/C14H5BrClF2NO2/c15-6-1-2-9(16)12(3-6)19-13(20)7-4-10(17)11(18)5-8(7)14(19)21/h1-5H. The molecule has 0 saturated heterocycles. The molecule has 2 amide bonds. The lowest BCUT2D eigenvalue weighted by atomic mass is 10.1. The second kappa shape index (κ2) is 4.89. The Bertz CT molecular complexity index is 769. The molecule has 3 nitrogen and oxygen atoms in total. The van der Waals surface area contributed by atoms with Crippen LogP contribution < -0.4 is 4.90 Å². The van der Waals surface area contributed by atoms with Gasteiger partial charge in [-0.15, -0.1) is 0 Å². The minimum absolute atomic E-state index is 0.151. The van der Waals surface area contributed by atoms with Crippen molar-refractivity contribution in [3.63, 3.8) is 0 Å². The molecule has 0 radical (unpaired) electrons. The summed E-state index contributed by atoms with van der Waals surface area (Å²) < 4.78 is 27.1. The Morgan fingerprint density at radius 1 is 0.952 bits per heavy atom. The minimum Gasteiger partial charge on any atom is -0.268 e. The summed E-state index contributed by atoms with van der Waals surface area (Å²) in [5.74, 6) is -3.85. The number of fused-ring (bicyclic) bond motifs is 1. The van der Waals surface area contributed by atoms with Crippen molar-refractivity contribution in [3.8, 4) is 0 Å². The maximum Gasteiger partial charge on any atom is 0.266 e. The molecule has 0 saturated carbocycles. The lowest BCUT2D eigenvalue weighted by Gasteiger charge is -2.15. The maximum atomic E-state index is 13.3. The number of halogens is 4. The summed E-state index contributed by atoms with van der Waals surface area (Å²) in [7, 11) is 0. The third-order valence-corrected chi connectivity index (χ3v) is 3.89. The Balaban J connectivity index is 2.18. The molecular weight excluding hydrogens is 368 g/mol. The number of carbonyl (C=O) groups excluding carboxylic acids is 2. The second-order valence-electron chi connectivity index (χ2n) is 4.35. The number of benzene rings is 2. The fraction of sp³-hybridized carbons (Fsp3) is 0. The summed E-state index contributed by atoms with van der Waals surface area (Å²) in [6.07, 6.45) is 0. The molecular formula is C14H5BrClF2NO2. The van der Waals surface area contributed by atoms with Crippen LogP contribution in [0.1, 0.15) is 20.7 Å². The summed E-state index contributed by atoms with van der Waals surface area (Å²) in [4.78, 5) is 25.4. The fourth-order valence-electron chi connectivity index (χ4n) is 2.11. The molecule has 21 heavy (non-hydrogen) atoms. The number of hydrogen-bond donors (Lipinski definition) is 0. The lowest BCUT2D eigenvalue weighted by molar-refractivity contribution is 0.0926. The van der Waals surface area contributed by atoms with Gasteiger partial charge in [0.1, 0.15) is 0 Å². The van der Waals surface area contributed by atoms with Gasteiger partial charge in [0.25, 0.3) is 11.8 Å². The highest BCUT2D eigenvalue weighted by Gasteiger charge is 2.38. The van der Waals surface area contributed by atoms with Crippen molar-refractivity contribution >= 4 is 45.0 Å². The number of anilines is 1. The fourth-order valence-corrected chi connectivity index (χ4v) is 2.66. The van der Waals surface area contributed by atoms with E-state index in [9.17, 15) is 18.4 Å². The van der Waals surface area contributed by atoms with Gasteiger partial charge >= 0.3 is 0 Å². The normalized spacial score (nSPS) is 13.8. The van der Waals surface area contributed by atoms with E-state index in [4.69, 9.17) is 11.6 Å². The smallest absolute Gasteiger partial charge is 0.266 e. The number of carbonyl (C=O) groups is 2. The average molecular weight is 373 g/mol. The molecule has 7 heteroatoms. The van der Waals surface area contributed by atoms with Crippen molar-refractivity contribution in [2.75, 3.05) is 4.90 Å². The molecule has 0 spiro atoms. The van der Waals surface area contributed by atoms with Gasteiger partial charge in [-0.25, -0.2) is 13.7 Å². The molecule has 0 aliphatic carbocycles. The molecule has 0 N–H and O–H groups in total. The molecule has 2 aromatic rings. The van der Waals surface area contributed by atoms with Gasteiger partial charge in [0.2, 0.25) is 0 Å². The van der Waals surface area contributed by atoms with Crippen molar-refractivity contribution in [3.05, 3.63) is 62.6 Å². The third-order valence-electron chi connectivity index (χ3n) is 3.08. The first-order valence-corrected chi connectivity index (χ1v) is 6.90. The Morgan fingerprint density at radius 2 is 1.48 bits per heavy atom. The average Bonchev–Trinajstić information content (AvgIpc) is 2.66. The Hall–Kier alpha value is -1.79. The zero-order valence-corrected chi connectivity index (χ0v) is 12.5. The lowest BCUT2D eigenvalue weighted by Crippen LogP contribution is -2.29. The van der Waals surface area contributed by atoms with Crippen LogP contribution in [-0.2, 0) is 0 Å². The van der Waals surface area contributed by atoms with Crippen LogP contribution in [0.2, 0.25) is 5.02 Å². The molecule has 0 atom stereocenters. The van der Waals surface area contributed by atoms with Crippen LogP contribution in [0.3, 0.4) is 0 Å². The summed E-state index contributed by atoms with van der Waals surface area (Å²) in [6.45, 7) is 0. The Morgan fingerprint density at radius 3 is 2.00 bits per heavy atom. The second-order valence-corrected chi connectivity index (χ2v) is 5.68. The topological polar surface area (TPSA) is 37.4 Å². The first-order valence-electron chi connectivity index (χ1n) is 5.73. The van der Waals surface area contributed by atoms with Crippen LogP contribution in [0.5, 0.6) is 0 Å². The SMILES string of the molecule is O=C1c2cc(F)c(F)cc2C(=O)N1c1cc(Br)ccc1Cl. The van der Waals surface area contributed by atoms with E-state index in [-0.39, 0.29) is 21.8 Å². The highest BCUT2D eigenvalue weighted by Crippen LogP contribution is 2.35. The minimum atomic E-state index is -1.18. The summed E-state index contributed by atoms with van der Waals surface area (Å²) in [5.41, 5.74) is -0.219. The van der Waals surface area contributed by atoms with Crippen LogP contribution >= 0.6 is 27.5 Å². The number of rotatable bonds is 1. The molecule has 0 fully saturated rings. The van der Waals surface area contributed by atoms with Gasteiger partial charge in [0.05, 0.1) is 21.8 Å². The van der Waals surface area contributed by atoms with E-state index in [0.29, 0.717) is 4.47 Å². The predicted molar refractivity (Wildman–Crippen MR) is 76.7 cm³/mol. The van der Waals surface area contributed by atoms with Gasteiger partial charge in [-0.3, -0.25) is 9.59 Å². The highest BCUT2D eigenvalue weighted by atomic mass is 79.9. The van der Waals surface area contributed by atoms with Crippen LogP contribution in [0.4, 0.5) is 14.5 Å². The Kier molecular flexibility index (Phi) is 3.30. The van der Waals surface area contributed by atoms with Gasteiger partial charge in [-0.05, 0) is 30.3 Å². The van der Waals surface area contributed by atoms with Gasteiger partial charge in [0, 0.05) is 4.47 Å². The van der Waals surface area contributed by atoms with E-state index < -0.39 is 23.4 Å². The molecule has 0 bridgehead atoms. The summed E-state index contributed by atoms with van der Waals surface area (Å²) in [6, 6.07) is 6.07. The van der Waals surface area contributed by atoms with E-state index in [1.54, 1.807) is 6.07 Å². The number of nitrogens with zero attached hydrogens (tertiary/aromatic N) is 1. The van der Waals surface area contributed by atoms with E-state index in [1.807, 2.05) is 0 Å². The van der Waals surface area contributed by atoms with Crippen LogP contribution in [-0.4, -0.2) is 11.8 Å². The summed E-state index contributed by atoms with van der Waals surface area (Å²) in [5, 5.41) is 0.175. The van der Waals surface area contributed by atoms with Crippen molar-refractivity contribution in [2.45, 2.75) is 0 Å². The molecule has 0 aromatic heterocycles. The molecule has 2 aromatic carbocycles. The molecule has 0 unspecified atom stereocenters. The first kappa shape index (κ1) is 14.2. The number of hydrogen-bond acceptors (Lipinski definition) is 2. The molecule has 3 rings (SSSR count). The molecule has 1 aliphatic rings. The zero-order valence-electron chi connectivity index (χ0n) is 10.2. The number of amides is 2. The monoisotopic (exact) mass is 371 g/mol. The van der Waals surface area contributed by atoms with E-state index in [0.717, 1.165) is 17.0 Å². The largest absolute Gasteiger partial charge is 0.268 e. The van der Waals surface area contributed by atoms with Crippen LogP contribution in [0.25, 0.3) is 0 Å². The van der Waals surface area contributed by atoms with Gasteiger partial charge in [-0.1, -0.05) is 27.5 Å². The third kappa shape index (κ3) is 2.15. The van der Waals surface area contributed by atoms with Crippen LogP contribution in [0.15, 0.2) is 34.8 Å². The number of imide groups is 1.